The van der Waals surface area contributed by atoms with E-state index in [2.05, 4.69) is 24.3 Å². The minimum atomic E-state index is -0.0373. The minimum Gasteiger partial charge on any atom is -0.487 e. The average Bonchev–Trinajstić information content (AvgIpc) is 2.72. The van der Waals surface area contributed by atoms with E-state index >= 15 is 0 Å². The topological polar surface area (TPSA) is 29.5 Å². The minimum absolute atomic E-state index is 0.0256. The first kappa shape index (κ1) is 17.1. The van der Waals surface area contributed by atoms with Crippen LogP contribution < -0.4 is 9.64 Å². The summed E-state index contributed by atoms with van der Waals surface area (Å²) in [6.07, 6.45) is 3.47. The van der Waals surface area contributed by atoms with Crippen LogP contribution in [0.5, 0.6) is 5.75 Å². The molecule has 1 heterocycles. The number of hydrogen-bond donors (Lipinski definition) is 0. The molecule has 1 unspecified atom stereocenters. The highest BCUT2D eigenvalue weighted by Gasteiger charge is 2.25. The Bertz CT molecular complexity index is 961. The van der Waals surface area contributed by atoms with E-state index in [-0.39, 0.29) is 12.0 Å². The molecule has 27 heavy (non-hydrogen) atoms. The van der Waals surface area contributed by atoms with Gasteiger partial charge >= 0.3 is 0 Å². The Hall–Kier alpha value is -3.33. The van der Waals surface area contributed by atoms with Crippen LogP contribution in [0.2, 0.25) is 0 Å². The lowest BCUT2D eigenvalue weighted by Gasteiger charge is -2.32. The summed E-state index contributed by atoms with van der Waals surface area (Å²) in [5, 5.41) is 0. The molecule has 0 bridgehead atoms. The van der Waals surface area contributed by atoms with Gasteiger partial charge in [-0.3, -0.25) is 4.79 Å². The molecule has 0 N–H and O–H groups in total. The fraction of sp³-hybridized carbons (Fsp3) is 0.125. The number of amides is 1. The van der Waals surface area contributed by atoms with Crippen LogP contribution in [0.25, 0.3) is 17.2 Å². The van der Waals surface area contributed by atoms with Crippen molar-refractivity contribution >= 4 is 17.7 Å². The number of fused-ring (bicyclic) bond motifs is 1. The van der Waals surface area contributed by atoms with E-state index in [1.807, 2.05) is 67.6 Å². The molecule has 3 aromatic carbocycles. The Morgan fingerprint density at radius 1 is 0.926 bits per heavy atom. The molecule has 134 valence electrons. The molecule has 3 nitrogen and oxygen atoms in total. The van der Waals surface area contributed by atoms with Gasteiger partial charge < -0.3 is 9.64 Å². The molecule has 0 spiro atoms. The highest BCUT2D eigenvalue weighted by atomic mass is 16.5. The van der Waals surface area contributed by atoms with E-state index in [1.165, 1.54) is 5.56 Å². The third-order valence-electron chi connectivity index (χ3n) is 4.63. The van der Waals surface area contributed by atoms with Crippen molar-refractivity contribution in [2.45, 2.75) is 13.0 Å². The van der Waals surface area contributed by atoms with Crippen molar-refractivity contribution in [3.63, 3.8) is 0 Å². The van der Waals surface area contributed by atoms with Crippen molar-refractivity contribution in [3.8, 4) is 16.9 Å². The maximum Gasteiger partial charge on any atom is 0.251 e. The number of nitrogens with zero attached hydrogens (tertiary/aromatic N) is 1. The second-order valence-corrected chi connectivity index (χ2v) is 6.67. The highest BCUT2D eigenvalue weighted by Crippen LogP contribution is 2.33. The second kappa shape index (κ2) is 7.50. The number of carbonyl (C=O) groups excluding carboxylic acids is 1. The third kappa shape index (κ3) is 3.77. The molecule has 3 heteroatoms. The van der Waals surface area contributed by atoms with Crippen LogP contribution in [0.15, 0.2) is 84.9 Å². The van der Waals surface area contributed by atoms with Crippen LogP contribution in [0, 0.1) is 0 Å². The van der Waals surface area contributed by atoms with E-state index in [1.54, 1.807) is 11.0 Å². The summed E-state index contributed by atoms with van der Waals surface area (Å²) in [7, 11) is 0. The van der Waals surface area contributed by atoms with Gasteiger partial charge in [0.05, 0.1) is 12.2 Å². The molecule has 0 aliphatic carbocycles. The molecule has 0 radical (unpaired) electrons. The van der Waals surface area contributed by atoms with Gasteiger partial charge in [0.2, 0.25) is 0 Å². The number of ether oxygens (including phenoxy) is 1. The molecular formula is C24H21NO2. The zero-order valence-electron chi connectivity index (χ0n) is 15.2. The molecule has 0 saturated carbocycles. The van der Waals surface area contributed by atoms with Gasteiger partial charge in [0.1, 0.15) is 11.9 Å². The first-order chi connectivity index (χ1) is 13.2. The van der Waals surface area contributed by atoms with E-state index < -0.39 is 0 Å². The van der Waals surface area contributed by atoms with E-state index in [0.717, 1.165) is 22.6 Å². The zero-order chi connectivity index (χ0) is 18.6. The van der Waals surface area contributed by atoms with Crippen molar-refractivity contribution in [3.05, 3.63) is 90.5 Å². The van der Waals surface area contributed by atoms with Crippen LogP contribution in [0.1, 0.15) is 12.5 Å². The van der Waals surface area contributed by atoms with Crippen LogP contribution in [0.4, 0.5) is 5.69 Å². The average molecular weight is 355 g/mol. The molecule has 0 fully saturated rings. The predicted octanol–water partition coefficient (Wildman–Crippen LogP) is 5.18. The van der Waals surface area contributed by atoms with Gasteiger partial charge in [-0.15, -0.1) is 0 Å². The Labute approximate surface area is 159 Å². The zero-order valence-corrected chi connectivity index (χ0v) is 15.2. The van der Waals surface area contributed by atoms with E-state index in [0.29, 0.717) is 6.54 Å². The first-order valence-electron chi connectivity index (χ1n) is 9.11. The standard InChI is InChI=1S/C24H21NO2/c1-18-17-25(22-9-5-6-10-23(22)27-18)24(26)16-13-19-11-14-21(15-12-19)20-7-3-2-4-8-20/h2-16,18H,17H2,1H3/b16-13+. The Balaban J connectivity index is 1.51. The SMILES string of the molecule is CC1CN(C(=O)/C=C/c2ccc(-c3ccccc3)cc2)c2ccccc2O1. The van der Waals surface area contributed by atoms with Crippen molar-refractivity contribution in [1.29, 1.82) is 0 Å². The fourth-order valence-electron chi connectivity index (χ4n) is 3.27. The maximum atomic E-state index is 12.8. The number of carbonyl (C=O) groups is 1. The maximum absolute atomic E-state index is 12.8. The summed E-state index contributed by atoms with van der Waals surface area (Å²) in [6.45, 7) is 2.52. The normalized spacial score (nSPS) is 16.0. The summed E-state index contributed by atoms with van der Waals surface area (Å²) in [5.41, 5.74) is 4.17. The van der Waals surface area contributed by atoms with Gasteiger partial charge in [0, 0.05) is 6.08 Å². The largest absolute Gasteiger partial charge is 0.487 e. The summed E-state index contributed by atoms with van der Waals surface area (Å²) in [5.74, 6) is 0.718. The van der Waals surface area contributed by atoms with Gasteiger partial charge in [-0.05, 0) is 41.8 Å². The van der Waals surface area contributed by atoms with Gasteiger partial charge in [0.25, 0.3) is 5.91 Å². The fourth-order valence-corrected chi connectivity index (χ4v) is 3.27. The smallest absolute Gasteiger partial charge is 0.251 e. The summed E-state index contributed by atoms with van der Waals surface area (Å²) in [4.78, 5) is 14.5. The molecule has 4 rings (SSSR count). The van der Waals surface area contributed by atoms with Crippen molar-refractivity contribution < 1.29 is 9.53 Å². The lowest BCUT2D eigenvalue weighted by atomic mass is 10.0. The number of anilines is 1. The Kier molecular flexibility index (Phi) is 4.75. The molecule has 3 aromatic rings. The van der Waals surface area contributed by atoms with Gasteiger partial charge in [0.15, 0.2) is 0 Å². The molecule has 1 aliphatic heterocycles. The molecule has 0 saturated heterocycles. The lowest BCUT2D eigenvalue weighted by Crippen LogP contribution is -2.41. The van der Waals surface area contributed by atoms with Crippen LogP contribution in [0.3, 0.4) is 0 Å². The Morgan fingerprint density at radius 2 is 1.59 bits per heavy atom. The molecule has 0 aromatic heterocycles. The molecule has 1 aliphatic rings. The molecular weight excluding hydrogens is 334 g/mol. The van der Waals surface area contributed by atoms with Crippen LogP contribution >= 0.6 is 0 Å². The molecule has 1 amide bonds. The number of hydrogen-bond acceptors (Lipinski definition) is 2. The summed E-state index contributed by atoms with van der Waals surface area (Å²) < 4.78 is 5.81. The number of para-hydroxylation sites is 2. The van der Waals surface area contributed by atoms with Gasteiger partial charge in [-0.25, -0.2) is 0 Å². The number of rotatable bonds is 3. The number of benzene rings is 3. The van der Waals surface area contributed by atoms with E-state index in [9.17, 15) is 4.79 Å². The quantitative estimate of drug-likeness (QED) is 0.606. The first-order valence-corrected chi connectivity index (χ1v) is 9.11. The monoisotopic (exact) mass is 355 g/mol. The third-order valence-corrected chi connectivity index (χ3v) is 4.63. The van der Waals surface area contributed by atoms with Gasteiger partial charge in [-0.1, -0.05) is 66.7 Å². The van der Waals surface area contributed by atoms with Gasteiger partial charge in [-0.2, -0.15) is 0 Å². The van der Waals surface area contributed by atoms with Crippen LogP contribution in [-0.2, 0) is 4.79 Å². The van der Waals surface area contributed by atoms with E-state index in [4.69, 9.17) is 4.74 Å². The van der Waals surface area contributed by atoms with Crippen molar-refractivity contribution in [2.24, 2.45) is 0 Å². The van der Waals surface area contributed by atoms with Crippen molar-refractivity contribution in [2.75, 3.05) is 11.4 Å². The van der Waals surface area contributed by atoms with Crippen molar-refractivity contribution in [1.82, 2.24) is 0 Å². The summed E-state index contributed by atoms with van der Waals surface area (Å²) in [6, 6.07) is 26.1. The lowest BCUT2D eigenvalue weighted by molar-refractivity contribution is -0.114. The molecule has 1 atom stereocenters. The summed E-state index contributed by atoms with van der Waals surface area (Å²) >= 11 is 0. The Morgan fingerprint density at radius 3 is 2.37 bits per heavy atom. The highest BCUT2D eigenvalue weighted by molar-refractivity contribution is 6.05. The second-order valence-electron chi connectivity index (χ2n) is 6.67. The van der Waals surface area contributed by atoms with Crippen LogP contribution in [-0.4, -0.2) is 18.6 Å². The predicted molar refractivity (Wildman–Crippen MR) is 110 cm³/mol.